The fourth-order valence-corrected chi connectivity index (χ4v) is 1.01. The lowest BCUT2D eigenvalue weighted by Gasteiger charge is -1.94. The molecule has 1 aliphatic carbocycles. The first-order valence-electron chi connectivity index (χ1n) is 2.37. The topological polar surface area (TPSA) is 26.0 Å². The highest BCUT2D eigenvalue weighted by Gasteiger charge is 2.44. The van der Waals surface area contributed by atoms with Gasteiger partial charge in [-0.1, -0.05) is 6.08 Å². The summed E-state index contributed by atoms with van der Waals surface area (Å²) in [6.07, 6.45) is 2.99. The van der Waals surface area contributed by atoms with Gasteiger partial charge in [-0.2, -0.15) is 0 Å². The molecular formula is C5H10NP. The average Bonchev–Trinajstić information content (AvgIpc) is 2.13. The zero-order valence-electron chi connectivity index (χ0n) is 4.22. The molecule has 1 aliphatic rings. The number of hydrogen-bond donors (Lipinski definition) is 1. The van der Waals surface area contributed by atoms with E-state index in [1.165, 1.54) is 0 Å². The van der Waals surface area contributed by atoms with Gasteiger partial charge in [0.25, 0.3) is 0 Å². The SMILES string of the molecule is C=C[C@@H]1C[C@]1(N)P. The molecule has 0 aromatic rings. The van der Waals surface area contributed by atoms with Crippen molar-refractivity contribution in [2.45, 2.75) is 11.7 Å². The van der Waals surface area contributed by atoms with Crippen LogP contribution in [0.1, 0.15) is 6.42 Å². The van der Waals surface area contributed by atoms with Crippen LogP contribution in [0.5, 0.6) is 0 Å². The summed E-state index contributed by atoms with van der Waals surface area (Å²) in [5, 5.41) is 0.0156. The highest BCUT2D eigenvalue weighted by Crippen LogP contribution is 2.46. The summed E-state index contributed by atoms with van der Waals surface area (Å²) >= 11 is 0. The second-order valence-electron chi connectivity index (χ2n) is 2.16. The lowest BCUT2D eigenvalue weighted by molar-refractivity contribution is 0.910. The summed E-state index contributed by atoms with van der Waals surface area (Å²) in [7, 11) is 2.62. The van der Waals surface area contributed by atoms with Crippen LogP contribution in [0.2, 0.25) is 0 Å². The normalized spacial score (nSPS) is 48.6. The van der Waals surface area contributed by atoms with E-state index < -0.39 is 0 Å². The largest absolute Gasteiger partial charge is 0.321 e. The van der Waals surface area contributed by atoms with Gasteiger partial charge in [0.15, 0.2) is 0 Å². The molecule has 0 aliphatic heterocycles. The maximum absolute atomic E-state index is 5.61. The molecular weight excluding hydrogens is 105 g/mol. The van der Waals surface area contributed by atoms with E-state index in [-0.39, 0.29) is 5.28 Å². The van der Waals surface area contributed by atoms with Crippen LogP contribution >= 0.6 is 9.24 Å². The highest BCUT2D eigenvalue weighted by molar-refractivity contribution is 7.19. The third kappa shape index (κ3) is 0.844. The Morgan fingerprint density at radius 3 is 2.43 bits per heavy atom. The van der Waals surface area contributed by atoms with E-state index in [1.807, 2.05) is 6.08 Å². The van der Waals surface area contributed by atoms with Crippen LogP contribution in [0.4, 0.5) is 0 Å². The Kier molecular flexibility index (Phi) is 0.980. The van der Waals surface area contributed by atoms with Crippen molar-refractivity contribution in [2.24, 2.45) is 11.7 Å². The molecule has 0 bridgehead atoms. The molecule has 0 saturated heterocycles. The molecule has 1 unspecified atom stereocenters. The van der Waals surface area contributed by atoms with E-state index in [2.05, 4.69) is 15.8 Å². The third-order valence-corrected chi connectivity index (χ3v) is 2.05. The Morgan fingerprint density at radius 1 is 2.00 bits per heavy atom. The molecule has 2 N–H and O–H groups in total. The maximum Gasteiger partial charge on any atom is 0.0368 e. The van der Waals surface area contributed by atoms with Crippen molar-refractivity contribution < 1.29 is 0 Å². The Bertz CT molecular complexity index is 98.3. The van der Waals surface area contributed by atoms with Crippen molar-refractivity contribution in [1.82, 2.24) is 0 Å². The number of rotatable bonds is 1. The molecule has 0 aromatic heterocycles. The molecule has 40 valence electrons. The minimum absolute atomic E-state index is 0.0156. The van der Waals surface area contributed by atoms with Crippen molar-refractivity contribution in [3.63, 3.8) is 0 Å². The molecule has 1 nitrogen and oxygen atoms in total. The van der Waals surface area contributed by atoms with Crippen LogP contribution in [0.3, 0.4) is 0 Å². The van der Waals surface area contributed by atoms with E-state index in [9.17, 15) is 0 Å². The molecule has 1 fully saturated rings. The molecule has 0 heterocycles. The average molecular weight is 115 g/mol. The summed E-state index contributed by atoms with van der Waals surface area (Å²) in [6, 6.07) is 0. The van der Waals surface area contributed by atoms with Gasteiger partial charge in [0.1, 0.15) is 0 Å². The molecule has 7 heavy (non-hydrogen) atoms. The lowest BCUT2D eigenvalue weighted by Crippen LogP contribution is -2.13. The maximum atomic E-state index is 5.61. The van der Waals surface area contributed by atoms with Crippen molar-refractivity contribution in [1.29, 1.82) is 0 Å². The van der Waals surface area contributed by atoms with Crippen LogP contribution in [0.15, 0.2) is 12.7 Å². The van der Waals surface area contributed by atoms with Gasteiger partial charge in [-0.3, -0.25) is 0 Å². The van der Waals surface area contributed by atoms with Crippen molar-refractivity contribution in [2.75, 3.05) is 0 Å². The van der Waals surface area contributed by atoms with Gasteiger partial charge in [-0.25, -0.2) is 0 Å². The van der Waals surface area contributed by atoms with Crippen molar-refractivity contribution in [3.05, 3.63) is 12.7 Å². The smallest absolute Gasteiger partial charge is 0.0368 e. The van der Waals surface area contributed by atoms with Gasteiger partial charge in [0.05, 0.1) is 0 Å². The van der Waals surface area contributed by atoms with Gasteiger partial charge in [-0.05, 0) is 6.42 Å². The van der Waals surface area contributed by atoms with Gasteiger partial charge in [0, 0.05) is 11.2 Å². The highest BCUT2D eigenvalue weighted by atomic mass is 31.0. The van der Waals surface area contributed by atoms with E-state index >= 15 is 0 Å². The van der Waals surface area contributed by atoms with Gasteiger partial charge in [0.2, 0.25) is 0 Å². The predicted molar refractivity (Wildman–Crippen MR) is 34.9 cm³/mol. The van der Waals surface area contributed by atoms with E-state index in [4.69, 9.17) is 5.73 Å². The van der Waals surface area contributed by atoms with Gasteiger partial charge in [-0.15, -0.1) is 15.8 Å². The molecule has 2 heteroatoms. The minimum Gasteiger partial charge on any atom is -0.321 e. The van der Waals surface area contributed by atoms with Crippen molar-refractivity contribution in [3.8, 4) is 0 Å². The Labute approximate surface area is 46.2 Å². The minimum atomic E-state index is 0.0156. The van der Waals surface area contributed by atoms with Crippen LogP contribution in [-0.4, -0.2) is 5.28 Å². The Balaban J connectivity index is 2.44. The Morgan fingerprint density at radius 2 is 2.43 bits per heavy atom. The molecule has 3 atom stereocenters. The van der Waals surface area contributed by atoms with Crippen LogP contribution in [0.25, 0.3) is 0 Å². The van der Waals surface area contributed by atoms with Gasteiger partial charge >= 0.3 is 0 Å². The molecule has 0 radical (unpaired) electrons. The molecule has 0 spiro atoms. The zero-order valence-corrected chi connectivity index (χ0v) is 5.38. The van der Waals surface area contributed by atoms with E-state index in [0.717, 1.165) is 6.42 Å². The fourth-order valence-electron chi connectivity index (χ4n) is 0.625. The summed E-state index contributed by atoms with van der Waals surface area (Å²) in [5.74, 6) is 0.553. The molecule has 0 amide bonds. The second kappa shape index (κ2) is 1.30. The number of nitrogens with two attached hydrogens (primary N) is 1. The third-order valence-electron chi connectivity index (χ3n) is 1.39. The number of hydrogen-bond acceptors (Lipinski definition) is 1. The second-order valence-corrected chi connectivity index (χ2v) is 3.23. The summed E-state index contributed by atoms with van der Waals surface area (Å²) in [4.78, 5) is 0. The predicted octanol–water partition coefficient (Wildman–Crippen LogP) is 0.722. The van der Waals surface area contributed by atoms with Crippen molar-refractivity contribution >= 4 is 9.24 Å². The monoisotopic (exact) mass is 115 g/mol. The summed E-state index contributed by atoms with van der Waals surface area (Å²) in [5.41, 5.74) is 5.61. The van der Waals surface area contributed by atoms with E-state index in [0.29, 0.717) is 5.92 Å². The van der Waals surface area contributed by atoms with E-state index in [1.54, 1.807) is 0 Å². The Hall–Kier alpha value is 0.130. The molecule has 0 aromatic carbocycles. The van der Waals surface area contributed by atoms with Crippen LogP contribution in [0, 0.1) is 5.92 Å². The quantitative estimate of drug-likeness (QED) is 0.395. The fraction of sp³-hybridized carbons (Fsp3) is 0.600. The lowest BCUT2D eigenvalue weighted by atomic mass is 10.4. The van der Waals surface area contributed by atoms with Gasteiger partial charge < -0.3 is 5.73 Å². The zero-order chi connectivity index (χ0) is 5.49. The first kappa shape index (κ1) is 5.27. The standard InChI is InChI=1S/C5H10NP/c1-2-4-3-5(4,6)7/h2,4H,1,3,6-7H2/t4-,5+/m1/s1. The molecule has 1 rings (SSSR count). The summed E-state index contributed by atoms with van der Waals surface area (Å²) < 4.78 is 0. The first-order valence-corrected chi connectivity index (χ1v) is 2.95. The summed E-state index contributed by atoms with van der Waals surface area (Å²) in [6.45, 7) is 3.62. The van der Waals surface area contributed by atoms with Crippen LogP contribution < -0.4 is 5.73 Å². The van der Waals surface area contributed by atoms with Crippen LogP contribution in [-0.2, 0) is 0 Å². The molecule has 1 saturated carbocycles. The first-order chi connectivity index (χ1) is 3.17.